The van der Waals surface area contributed by atoms with Crippen molar-refractivity contribution in [1.29, 1.82) is 0 Å². The molecule has 0 bridgehead atoms. The molecule has 172 valence electrons. The third kappa shape index (κ3) is 3.35. The molecule has 2 aromatic carbocycles. The highest BCUT2D eigenvalue weighted by atomic mass is 16.3. The maximum Gasteiger partial charge on any atom is 0.296 e. The molecule has 4 rings (SSSR count). The van der Waals surface area contributed by atoms with E-state index in [1.165, 1.54) is 4.90 Å². The summed E-state index contributed by atoms with van der Waals surface area (Å²) in [5, 5.41) is 11.4. The summed E-state index contributed by atoms with van der Waals surface area (Å²) in [6.45, 7) is 5.05. The number of hydrogen-bond donors (Lipinski definition) is 1. The van der Waals surface area contributed by atoms with Crippen LogP contribution in [0.3, 0.4) is 0 Å². The summed E-state index contributed by atoms with van der Waals surface area (Å²) in [5.41, 5.74) is 0.752. The maximum absolute atomic E-state index is 14.0. The van der Waals surface area contributed by atoms with E-state index in [1.54, 1.807) is 29.2 Å². The molecular formula is C26H29N3O4. The van der Waals surface area contributed by atoms with Gasteiger partial charge in [0.2, 0.25) is 0 Å². The highest BCUT2D eigenvalue weighted by molar-refractivity contribution is 6.50. The summed E-state index contributed by atoms with van der Waals surface area (Å²) in [4.78, 5) is 45.7. The van der Waals surface area contributed by atoms with E-state index >= 15 is 0 Å². The Bertz CT molecular complexity index is 1150. The Labute approximate surface area is 193 Å². The number of fused-ring (bicyclic) bond motifs is 2. The normalized spacial score (nSPS) is 21.5. The van der Waals surface area contributed by atoms with Crippen LogP contribution in [0.15, 0.2) is 54.1 Å². The lowest BCUT2D eigenvalue weighted by atomic mass is 9.81. The number of aryl methyl sites for hydroxylation is 1. The van der Waals surface area contributed by atoms with Crippen LogP contribution in [-0.4, -0.2) is 66.2 Å². The van der Waals surface area contributed by atoms with Gasteiger partial charge in [0.25, 0.3) is 17.6 Å². The Kier molecular flexibility index (Phi) is 5.84. The van der Waals surface area contributed by atoms with E-state index in [0.717, 1.165) is 5.56 Å². The molecule has 2 aliphatic heterocycles. The summed E-state index contributed by atoms with van der Waals surface area (Å²) < 4.78 is 0. The van der Waals surface area contributed by atoms with E-state index in [2.05, 4.69) is 0 Å². The minimum atomic E-state index is -1.68. The van der Waals surface area contributed by atoms with Gasteiger partial charge in [0.05, 0.1) is 11.3 Å². The number of nitrogens with zero attached hydrogens (tertiary/aromatic N) is 3. The van der Waals surface area contributed by atoms with Gasteiger partial charge in [-0.25, -0.2) is 0 Å². The number of carbonyl (C=O) groups is 3. The minimum absolute atomic E-state index is 0.158. The number of carbonyl (C=O) groups excluding carboxylic acids is 3. The Hall–Kier alpha value is -3.45. The molecule has 7 heteroatoms. The molecule has 0 aliphatic carbocycles. The number of para-hydroxylation sites is 1. The second kappa shape index (κ2) is 8.48. The van der Waals surface area contributed by atoms with Crippen LogP contribution in [-0.2, 0) is 19.9 Å². The first-order chi connectivity index (χ1) is 15.7. The van der Waals surface area contributed by atoms with Crippen molar-refractivity contribution in [2.75, 3.05) is 38.6 Å². The van der Waals surface area contributed by atoms with Crippen LogP contribution in [0.2, 0.25) is 0 Å². The van der Waals surface area contributed by atoms with Gasteiger partial charge in [-0.1, -0.05) is 48.0 Å². The largest absolute Gasteiger partial charge is 0.507 e. The summed E-state index contributed by atoms with van der Waals surface area (Å²) in [6, 6.07) is 14.2. The van der Waals surface area contributed by atoms with Crippen molar-refractivity contribution < 1.29 is 19.5 Å². The minimum Gasteiger partial charge on any atom is -0.507 e. The fourth-order valence-corrected chi connectivity index (χ4v) is 4.88. The van der Waals surface area contributed by atoms with Gasteiger partial charge in [-0.3, -0.25) is 14.4 Å². The molecular weight excluding hydrogens is 418 g/mol. The van der Waals surface area contributed by atoms with Crippen molar-refractivity contribution in [2.45, 2.75) is 25.8 Å². The monoisotopic (exact) mass is 447 g/mol. The molecule has 0 radical (unpaired) electrons. The van der Waals surface area contributed by atoms with Crippen LogP contribution in [0.1, 0.15) is 30.0 Å². The first kappa shape index (κ1) is 22.7. The van der Waals surface area contributed by atoms with Crippen molar-refractivity contribution in [1.82, 2.24) is 9.80 Å². The number of aliphatic hydroxyl groups is 1. The summed E-state index contributed by atoms with van der Waals surface area (Å²) in [7, 11) is 3.85. The molecule has 0 aromatic heterocycles. The average molecular weight is 448 g/mol. The second-order valence-corrected chi connectivity index (χ2v) is 8.81. The van der Waals surface area contributed by atoms with E-state index < -0.39 is 17.2 Å². The van der Waals surface area contributed by atoms with Crippen molar-refractivity contribution in [3.63, 3.8) is 0 Å². The standard InChI is InChI=1S/C26H29N3O4/c1-5-28-20-10-7-6-9-19(20)26(25(28)33)21(22(30)18-13-11-17(2)12-14-18)23(31)24(32)29(26)16-8-15-27(3)4/h6-7,9-14,30H,5,8,15-16H2,1-4H3. The van der Waals surface area contributed by atoms with E-state index in [9.17, 15) is 19.5 Å². The third-order valence-corrected chi connectivity index (χ3v) is 6.44. The molecule has 1 spiro atoms. The van der Waals surface area contributed by atoms with E-state index in [1.807, 2.05) is 57.1 Å². The lowest BCUT2D eigenvalue weighted by Gasteiger charge is -2.34. The average Bonchev–Trinajstić information content (AvgIpc) is 3.17. The first-order valence-electron chi connectivity index (χ1n) is 11.2. The fraction of sp³-hybridized carbons (Fsp3) is 0.346. The Balaban J connectivity index is 1.99. The maximum atomic E-state index is 14.0. The quantitative estimate of drug-likeness (QED) is 0.418. The number of anilines is 1. The van der Waals surface area contributed by atoms with Crippen LogP contribution in [0, 0.1) is 6.92 Å². The molecule has 2 heterocycles. The summed E-state index contributed by atoms with van der Waals surface area (Å²) in [6.07, 6.45) is 0.577. The summed E-state index contributed by atoms with van der Waals surface area (Å²) >= 11 is 0. The molecule has 2 amide bonds. The zero-order chi connectivity index (χ0) is 23.9. The van der Waals surface area contributed by atoms with Crippen LogP contribution in [0.5, 0.6) is 0 Å². The van der Waals surface area contributed by atoms with Gasteiger partial charge in [0, 0.05) is 24.2 Å². The molecule has 33 heavy (non-hydrogen) atoms. The predicted octanol–water partition coefficient (Wildman–Crippen LogP) is 2.89. The number of benzene rings is 2. The molecule has 1 saturated heterocycles. The highest BCUT2D eigenvalue weighted by Crippen LogP contribution is 2.53. The first-order valence-corrected chi connectivity index (χ1v) is 11.2. The lowest BCUT2D eigenvalue weighted by Crippen LogP contribution is -2.52. The van der Waals surface area contributed by atoms with E-state index in [0.29, 0.717) is 36.3 Å². The van der Waals surface area contributed by atoms with Crippen LogP contribution < -0.4 is 4.90 Å². The van der Waals surface area contributed by atoms with Gasteiger partial charge in [-0.2, -0.15) is 0 Å². The van der Waals surface area contributed by atoms with Gasteiger partial charge in [0.1, 0.15) is 5.76 Å². The number of hydrogen-bond acceptors (Lipinski definition) is 5. The zero-order valence-electron chi connectivity index (χ0n) is 19.5. The van der Waals surface area contributed by atoms with Crippen molar-refractivity contribution in [3.8, 4) is 0 Å². The Morgan fingerprint density at radius 3 is 2.33 bits per heavy atom. The fourth-order valence-electron chi connectivity index (χ4n) is 4.88. The Morgan fingerprint density at radius 2 is 1.70 bits per heavy atom. The molecule has 1 N–H and O–H groups in total. The van der Waals surface area contributed by atoms with Crippen LogP contribution in [0.25, 0.3) is 5.76 Å². The second-order valence-electron chi connectivity index (χ2n) is 8.81. The topological polar surface area (TPSA) is 81.2 Å². The zero-order valence-corrected chi connectivity index (χ0v) is 19.5. The molecule has 1 fully saturated rings. The van der Waals surface area contributed by atoms with Crippen molar-refractivity contribution in [3.05, 3.63) is 70.8 Å². The van der Waals surface area contributed by atoms with Gasteiger partial charge in [-0.15, -0.1) is 0 Å². The molecule has 2 aliphatic rings. The molecule has 1 unspecified atom stereocenters. The summed E-state index contributed by atoms with van der Waals surface area (Å²) in [5.74, 6) is -2.31. The van der Waals surface area contributed by atoms with Crippen LogP contribution in [0.4, 0.5) is 5.69 Å². The number of aliphatic hydroxyl groups excluding tert-OH is 1. The number of likely N-dealkylation sites (N-methyl/N-ethyl adjacent to an activating group) is 1. The van der Waals surface area contributed by atoms with Crippen LogP contribution >= 0.6 is 0 Å². The van der Waals surface area contributed by atoms with Crippen molar-refractivity contribution >= 4 is 29.0 Å². The Morgan fingerprint density at radius 1 is 1.03 bits per heavy atom. The highest BCUT2D eigenvalue weighted by Gasteiger charge is 2.66. The van der Waals surface area contributed by atoms with Gasteiger partial charge in [-0.05, 0) is 47.0 Å². The number of Topliss-reactive ketones (excluding diaryl/α,β-unsaturated/α-hetero) is 1. The number of likely N-dealkylation sites (tertiary alicyclic amines) is 1. The molecule has 7 nitrogen and oxygen atoms in total. The van der Waals surface area contributed by atoms with E-state index in [-0.39, 0.29) is 23.8 Å². The number of ketones is 1. The number of amides is 2. The third-order valence-electron chi connectivity index (χ3n) is 6.44. The van der Waals surface area contributed by atoms with Crippen molar-refractivity contribution in [2.24, 2.45) is 0 Å². The number of rotatable bonds is 6. The molecule has 2 aromatic rings. The lowest BCUT2D eigenvalue weighted by molar-refractivity contribution is -0.143. The van der Waals surface area contributed by atoms with E-state index in [4.69, 9.17) is 0 Å². The SMILES string of the molecule is CCN1C(=O)C2(C(=C(O)c3ccc(C)cc3)C(=O)C(=O)N2CCCN(C)C)c2ccccc21. The molecule has 0 saturated carbocycles. The molecule has 1 atom stereocenters. The predicted molar refractivity (Wildman–Crippen MR) is 127 cm³/mol. The van der Waals surface area contributed by atoms with Gasteiger partial charge in [0.15, 0.2) is 5.54 Å². The van der Waals surface area contributed by atoms with Gasteiger partial charge >= 0.3 is 0 Å². The van der Waals surface area contributed by atoms with Gasteiger partial charge < -0.3 is 19.8 Å². The smallest absolute Gasteiger partial charge is 0.296 e.